The monoisotopic (exact) mass is 184 g/mol. The van der Waals surface area contributed by atoms with Crippen LogP contribution in [-0.2, 0) is 9.47 Å². The van der Waals surface area contributed by atoms with Crippen LogP contribution in [0.5, 0.6) is 0 Å². The number of allylic oxidation sites excluding steroid dienone is 1. The molecule has 1 rings (SSSR count). The Bertz CT molecular complexity index is 150. The molecule has 2 nitrogen and oxygen atoms in total. The van der Waals surface area contributed by atoms with Gasteiger partial charge in [0, 0.05) is 13.0 Å². The molecular weight excluding hydrogens is 164 g/mol. The highest BCUT2D eigenvalue weighted by Crippen LogP contribution is 2.14. The minimum atomic E-state index is 0.469. The first-order valence-electron chi connectivity index (χ1n) is 5.22. The molecule has 0 aliphatic carbocycles. The molecule has 1 aliphatic rings. The van der Waals surface area contributed by atoms with Crippen molar-refractivity contribution in [1.82, 2.24) is 0 Å². The number of ether oxygens (including phenoxy) is 2. The second-order valence-electron chi connectivity index (χ2n) is 3.66. The number of rotatable bonds is 6. The Morgan fingerprint density at radius 1 is 1.62 bits per heavy atom. The molecule has 1 fully saturated rings. The summed E-state index contributed by atoms with van der Waals surface area (Å²) in [5.41, 5.74) is 0. The third kappa shape index (κ3) is 4.32. The van der Waals surface area contributed by atoms with E-state index >= 15 is 0 Å². The Labute approximate surface area is 80.9 Å². The van der Waals surface area contributed by atoms with Crippen LogP contribution in [0.1, 0.15) is 33.1 Å². The van der Waals surface area contributed by atoms with E-state index in [9.17, 15) is 0 Å². The second-order valence-corrected chi connectivity index (χ2v) is 3.66. The molecule has 1 heterocycles. The zero-order valence-corrected chi connectivity index (χ0v) is 8.66. The van der Waals surface area contributed by atoms with E-state index in [0.29, 0.717) is 12.0 Å². The predicted octanol–water partition coefficient (Wildman–Crippen LogP) is 2.74. The van der Waals surface area contributed by atoms with E-state index in [0.717, 1.165) is 19.6 Å². The number of hydrogen-bond acceptors (Lipinski definition) is 2. The maximum Gasteiger partial charge on any atom is 0.0897 e. The van der Waals surface area contributed by atoms with Crippen molar-refractivity contribution >= 4 is 0 Å². The van der Waals surface area contributed by atoms with Crippen molar-refractivity contribution < 1.29 is 9.47 Å². The largest absolute Gasteiger partial charge is 0.501 e. The van der Waals surface area contributed by atoms with E-state index in [1.54, 1.807) is 0 Å². The molecule has 0 radical (unpaired) electrons. The Morgan fingerprint density at radius 2 is 2.38 bits per heavy atom. The lowest BCUT2D eigenvalue weighted by atomic mass is 10.1. The molecule has 76 valence electrons. The van der Waals surface area contributed by atoms with E-state index in [-0.39, 0.29) is 0 Å². The summed E-state index contributed by atoms with van der Waals surface area (Å²) in [4.78, 5) is 0. The minimum Gasteiger partial charge on any atom is -0.501 e. The lowest BCUT2D eigenvalue weighted by molar-refractivity contribution is -0.0618. The molecule has 2 unspecified atom stereocenters. The summed E-state index contributed by atoms with van der Waals surface area (Å²) in [7, 11) is 0. The van der Waals surface area contributed by atoms with Gasteiger partial charge in [0.1, 0.15) is 0 Å². The second kappa shape index (κ2) is 6.03. The quantitative estimate of drug-likeness (QED) is 0.467. The zero-order chi connectivity index (χ0) is 9.52. The molecule has 0 N–H and O–H groups in total. The van der Waals surface area contributed by atoms with Crippen molar-refractivity contribution in [2.45, 2.75) is 39.2 Å². The summed E-state index contributed by atoms with van der Waals surface area (Å²) in [5.74, 6) is 0.625. The van der Waals surface area contributed by atoms with E-state index in [2.05, 4.69) is 19.9 Å². The fourth-order valence-corrected chi connectivity index (χ4v) is 1.11. The van der Waals surface area contributed by atoms with Gasteiger partial charge >= 0.3 is 0 Å². The van der Waals surface area contributed by atoms with Gasteiger partial charge in [-0.25, -0.2) is 0 Å². The molecule has 0 aromatic carbocycles. The van der Waals surface area contributed by atoms with Gasteiger partial charge in [0.15, 0.2) is 0 Å². The van der Waals surface area contributed by atoms with Crippen LogP contribution in [0.25, 0.3) is 0 Å². The predicted molar refractivity (Wildman–Crippen MR) is 53.5 cm³/mol. The summed E-state index contributed by atoms with van der Waals surface area (Å²) in [5, 5.41) is 0. The van der Waals surface area contributed by atoms with Crippen molar-refractivity contribution in [3.05, 3.63) is 12.3 Å². The van der Waals surface area contributed by atoms with Crippen molar-refractivity contribution in [1.29, 1.82) is 0 Å². The molecule has 0 amide bonds. The SMILES string of the molecule is CCC(C)C=COCCC1CCO1. The molecule has 1 aliphatic heterocycles. The van der Waals surface area contributed by atoms with Crippen molar-refractivity contribution in [3.8, 4) is 0 Å². The molecule has 0 spiro atoms. The highest BCUT2D eigenvalue weighted by molar-refractivity contribution is 4.79. The summed E-state index contributed by atoms with van der Waals surface area (Å²) < 4.78 is 10.6. The smallest absolute Gasteiger partial charge is 0.0897 e. The van der Waals surface area contributed by atoms with Gasteiger partial charge in [0.05, 0.1) is 19.0 Å². The maximum atomic E-state index is 5.35. The average molecular weight is 184 g/mol. The van der Waals surface area contributed by atoms with Crippen molar-refractivity contribution in [3.63, 3.8) is 0 Å². The van der Waals surface area contributed by atoms with Crippen LogP contribution in [0, 0.1) is 5.92 Å². The maximum absolute atomic E-state index is 5.35. The van der Waals surface area contributed by atoms with Crippen LogP contribution < -0.4 is 0 Å². The van der Waals surface area contributed by atoms with Crippen LogP contribution in [0.4, 0.5) is 0 Å². The number of hydrogen-bond donors (Lipinski definition) is 0. The molecule has 0 aromatic rings. The summed E-state index contributed by atoms with van der Waals surface area (Å²) in [6.45, 7) is 6.09. The molecule has 0 aromatic heterocycles. The van der Waals surface area contributed by atoms with Crippen LogP contribution in [0.3, 0.4) is 0 Å². The van der Waals surface area contributed by atoms with E-state index < -0.39 is 0 Å². The molecule has 2 atom stereocenters. The van der Waals surface area contributed by atoms with Gasteiger partial charge in [0.25, 0.3) is 0 Å². The summed E-state index contributed by atoms with van der Waals surface area (Å²) in [6, 6.07) is 0. The lowest BCUT2D eigenvalue weighted by Gasteiger charge is -2.25. The molecular formula is C11H20O2. The standard InChI is InChI=1S/C11H20O2/c1-3-10(2)4-7-12-8-5-11-6-9-13-11/h4,7,10-11H,3,5-6,8-9H2,1-2H3. The minimum absolute atomic E-state index is 0.469. The zero-order valence-electron chi connectivity index (χ0n) is 8.66. The summed E-state index contributed by atoms with van der Waals surface area (Å²) >= 11 is 0. The van der Waals surface area contributed by atoms with Crippen molar-refractivity contribution in [2.75, 3.05) is 13.2 Å². The molecule has 0 saturated carbocycles. The molecule has 2 heteroatoms. The fraction of sp³-hybridized carbons (Fsp3) is 0.818. The Kier molecular flexibility index (Phi) is 4.91. The van der Waals surface area contributed by atoms with Gasteiger partial charge in [0.2, 0.25) is 0 Å². The van der Waals surface area contributed by atoms with E-state index in [4.69, 9.17) is 9.47 Å². The topological polar surface area (TPSA) is 18.5 Å². The van der Waals surface area contributed by atoms with Crippen LogP contribution in [0.2, 0.25) is 0 Å². The van der Waals surface area contributed by atoms with Gasteiger partial charge in [-0.05, 0) is 24.8 Å². The van der Waals surface area contributed by atoms with Crippen LogP contribution >= 0.6 is 0 Å². The van der Waals surface area contributed by atoms with Gasteiger partial charge in [-0.3, -0.25) is 0 Å². The van der Waals surface area contributed by atoms with Crippen LogP contribution in [0.15, 0.2) is 12.3 Å². The fourth-order valence-electron chi connectivity index (χ4n) is 1.11. The highest BCUT2D eigenvalue weighted by atomic mass is 16.5. The Morgan fingerprint density at radius 3 is 2.92 bits per heavy atom. The van der Waals surface area contributed by atoms with Gasteiger partial charge in [-0.2, -0.15) is 0 Å². The third-order valence-electron chi connectivity index (χ3n) is 2.50. The lowest BCUT2D eigenvalue weighted by Crippen LogP contribution is -2.27. The van der Waals surface area contributed by atoms with Gasteiger partial charge in [-0.15, -0.1) is 0 Å². The first-order valence-corrected chi connectivity index (χ1v) is 5.22. The third-order valence-corrected chi connectivity index (χ3v) is 2.50. The van der Waals surface area contributed by atoms with Crippen LogP contribution in [-0.4, -0.2) is 19.3 Å². The van der Waals surface area contributed by atoms with E-state index in [1.165, 1.54) is 12.8 Å². The Hall–Kier alpha value is -0.500. The first kappa shape index (κ1) is 10.6. The molecule has 13 heavy (non-hydrogen) atoms. The van der Waals surface area contributed by atoms with E-state index in [1.807, 2.05) is 6.26 Å². The van der Waals surface area contributed by atoms with Gasteiger partial charge in [-0.1, -0.05) is 13.8 Å². The average Bonchev–Trinajstić information content (AvgIpc) is 2.07. The van der Waals surface area contributed by atoms with Gasteiger partial charge < -0.3 is 9.47 Å². The first-order chi connectivity index (χ1) is 6.33. The highest BCUT2D eigenvalue weighted by Gasteiger charge is 2.16. The molecule has 0 bridgehead atoms. The normalized spacial score (nSPS) is 24.3. The summed E-state index contributed by atoms with van der Waals surface area (Å²) in [6.07, 6.45) is 7.82. The van der Waals surface area contributed by atoms with Crippen molar-refractivity contribution in [2.24, 2.45) is 5.92 Å². The Balaban J connectivity index is 1.90. The molecule has 1 saturated heterocycles.